The van der Waals surface area contributed by atoms with Gasteiger partial charge >= 0.3 is 235 Å². The summed E-state index contributed by atoms with van der Waals surface area (Å²) in [6, 6.07) is 0. The maximum atomic E-state index is 12.8. The quantitative estimate of drug-likeness (QED) is 0.0563. The van der Waals surface area contributed by atoms with Crippen molar-refractivity contribution >= 4 is 32.0 Å². The molecule has 0 aliphatic carbocycles. The predicted molar refractivity (Wildman–Crippen MR) is 163 cm³/mol. The van der Waals surface area contributed by atoms with Crippen molar-refractivity contribution in [3.05, 3.63) is 0 Å². The zero-order chi connectivity index (χ0) is 28.9. The van der Waals surface area contributed by atoms with Crippen LogP contribution in [-0.4, -0.2) is 45.2 Å². The van der Waals surface area contributed by atoms with Gasteiger partial charge in [-0.15, -0.1) is 0 Å². The van der Waals surface area contributed by atoms with Crippen LogP contribution in [0.15, 0.2) is 0 Å². The molecule has 0 saturated carbocycles. The van der Waals surface area contributed by atoms with Crippen LogP contribution in [-0.2, 0) is 21.9 Å². The molecule has 0 aromatic carbocycles. The first kappa shape index (κ1) is 38.7. The number of hydrogen-bond acceptors (Lipinski definition) is 6. The molecule has 232 valence electrons. The van der Waals surface area contributed by atoms with Gasteiger partial charge in [0.1, 0.15) is 0 Å². The number of rotatable bonds is 30. The fourth-order valence-corrected chi connectivity index (χ4v) is 9.86. The third kappa shape index (κ3) is 25.1. The summed E-state index contributed by atoms with van der Waals surface area (Å²) >= 11 is -4.81. The second kappa shape index (κ2) is 29.2. The van der Waals surface area contributed by atoms with Crippen LogP contribution in [0.5, 0.6) is 0 Å². The molecule has 0 aromatic heterocycles. The van der Waals surface area contributed by atoms with Gasteiger partial charge in [0.25, 0.3) is 0 Å². The maximum absolute atomic E-state index is 12.8. The molecule has 6 nitrogen and oxygen atoms in total. The van der Waals surface area contributed by atoms with Gasteiger partial charge in [0, 0.05) is 0 Å². The fourth-order valence-electron chi connectivity index (χ4n) is 4.40. The van der Waals surface area contributed by atoms with Crippen molar-refractivity contribution < 1.29 is 21.9 Å². The van der Waals surface area contributed by atoms with Gasteiger partial charge in [0.2, 0.25) is 0 Å². The van der Waals surface area contributed by atoms with E-state index in [1.54, 1.807) is 0 Å². The average molecular weight is 664 g/mol. The molecule has 0 unspecified atom stereocenters. The van der Waals surface area contributed by atoms with E-state index in [1.807, 2.05) is 0 Å². The van der Waals surface area contributed by atoms with Crippen molar-refractivity contribution in [3.8, 4) is 0 Å². The Hall–Kier alpha value is -0.341. The van der Waals surface area contributed by atoms with E-state index in [0.29, 0.717) is 26.1 Å². The van der Waals surface area contributed by atoms with Crippen molar-refractivity contribution in [2.75, 3.05) is 13.2 Å². The van der Waals surface area contributed by atoms with Crippen molar-refractivity contribution in [2.24, 2.45) is 0 Å². The Labute approximate surface area is 248 Å². The second-order valence-corrected chi connectivity index (χ2v) is 16.7. The Balaban J connectivity index is 4.68. The molecule has 0 N–H and O–H groups in total. The Kier molecular flexibility index (Phi) is 28.9. The first-order valence-corrected chi connectivity index (χ1v) is 21.4. The monoisotopic (exact) mass is 664 g/mol. The first-order valence-electron chi connectivity index (χ1n) is 16.7. The zero-order valence-corrected chi connectivity index (χ0v) is 29.2. The van der Waals surface area contributed by atoms with E-state index in [4.69, 9.17) is 12.3 Å². The van der Waals surface area contributed by atoms with Crippen molar-refractivity contribution in [1.82, 2.24) is 0 Å². The molecule has 0 aliphatic heterocycles. The molecule has 0 radical (unpaired) electrons. The van der Waals surface area contributed by atoms with Crippen LogP contribution in [0.25, 0.3) is 0 Å². The number of hydrogen-bond donors (Lipinski definition) is 0. The Morgan fingerprint density at radius 1 is 0.410 bits per heavy atom. The van der Waals surface area contributed by atoms with Gasteiger partial charge in [-0.05, 0) is 0 Å². The smallest absolute Gasteiger partial charge is 0.0654 e. The Morgan fingerprint density at radius 2 is 0.692 bits per heavy atom. The third-order valence-corrected chi connectivity index (χ3v) is 12.9. The van der Waals surface area contributed by atoms with Crippen LogP contribution in [0.2, 0.25) is 0 Å². The Morgan fingerprint density at radius 3 is 1.00 bits per heavy atom. The van der Waals surface area contributed by atoms with Gasteiger partial charge in [-0.3, -0.25) is 0 Å². The average Bonchev–Trinajstić information content (AvgIpc) is 2.91. The molecular weight excluding hydrogens is 599 g/mol. The number of carbonyl (C=O) groups excluding carboxylic acids is 2. The van der Waals surface area contributed by atoms with Crippen molar-refractivity contribution in [2.45, 2.75) is 182 Å². The van der Waals surface area contributed by atoms with E-state index in [1.165, 1.54) is 77.0 Å². The number of unbranched alkanes of at least 4 members (excludes halogenated alkanes) is 18. The fraction of sp³-hybridized carbons (Fsp3) is 0.938. The summed E-state index contributed by atoms with van der Waals surface area (Å²) in [5.74, 6) is -0.699. The first-order chi connectivity index (χ1) is 19.0. The molecule has 0 spiro atoms. The normalized spacial score (nSPS) is 11.6. The summed E-state index contributed by atoms with van der Waals surface area (Å²) in [5, 5.41) is 0. The van der Waals surface area contributed by atoms with Gasteiger partial charge in [-0.25, -0.2) is 0 Å². The summed E-state index contributed by atoms with van der Waals surface area (Å²) < 4.78 is 23.8. The predicted octanol–water partition coefficient (Wildman–Crippen LogP) is 9.98. The van der Waals surface area contributed by atoms with Crippen molar-refractivity contribution in [3.63, 3.8) is 0 Å². The molecule has 0 aromatic rings. The van der Waals surface area contributed by atoms with E-state index >= 15 is 0 Å². The van der Waals surface area contributed by atoms with Gasteiger partial charge < -0.3 is 0 Å². The molecule has 0 bridgehead atoms. The molecule has 0 rings (SSSR count). The van der Waals surface area contributed by atoms with Crippen LogP contribution < -0.4 is 0 Å². The molecule has 0 atom stereocenters. The van der Waals surface area contributed by atoms with Gasteiger partial charge in [0.05, 0.1) is 0 Å². The number of carbonyl (C=O) groups is 2. The minimum Gasteiger partial charge on any atom is -0.0654 e. The van der Waals surface area contributed by atoms with Crippen LogP contribution in [0.4, 0.5) is 0 Å². The van der Waals surface area contributed by atoms with Crippen molar-refractivity contribution in [1.29, 1.82) is 0 Å². The minimum absolute atomic E-state index is 0.318. The van der Waals surface area contributed by atoms with E-state index in [9.17, 15) is 9.59 Å². The molecule has 7 heteroatoms. The van der Waals surface area contributed by atoms with Gasteiger partial charge in [0.15, 0.2) is 0 Å². The molecule has 0 heterocycles. The summed E-state index contributed by atoms with van der Waals surface area (Å²) in [5.41, 5.74) is 0. The molecule has 39 heavy (non-hydrogen) atoms. The molecule has 0 saturated heterocycles. The van der Waals surface area contributed by atoms with Crippen LogP contribution in [0.1, 0.15) is 182 Å². The van der Waals surface area contributed by atoms with Gasteiger partial charge in [-0.1, -0.05) is 13.8 Å². The SMILES string of the molecule is CCCCCCCCCCCC(=O)[O][Sn]([O]CCCC)([O]CCCC)[O]C(=O)CCCCCCCCCCC. The molecule has 0 fully saturated rings. The zero-order valence-electron chi connectivity index (χ0n) is 26.3. The molecule has 0 aliphatic rings. The summed E-state index contributed by atoms with van der Waals surface area (Å²) in [7, 11) is 0. The summed E-state index contributed by atoms with van der Waals surface area (Å²) in [4.78, 5) is 25.6. The van der Waals surface area contributed by atoms with E-state index < -0.39 is 20.0 Å². The Bertz CT molecular complexity index is 509. The molecular formula is C32H64O6Sn. The topological polar surface area (TPSA) is 71.1 Å². The summed E-state index contributed by atoms with van der Waals surface area (Å²) in [6.07, 6.45) is 25.4. The van der Waals surface area contributed by atoms with Gasteiger partial charge in [-0.2, -0.15) is 0 Å². The third-order valence-electron chi connectivity index (χ3n) is 7.00. The van der Waals surface area contributed by atoms with Crippen LogP contribution >= 0.6 is 0 Å². The van der Waals surface area contributed by atoms with E-state index in [0.717, 1.165) is 64.2 Å². The van der Waals surface area contributed by atoms with Crippen LogP contribution in [0.3, 0.4) is 0 Å². The summed E-state index contributed by atoms with van der Waals surface area (Å²) in [6.45, 7) is 9.39. The van der Waals surface area contributed by atoms with E-state index in [2.05, 4.69) is 27.7 Å². The molecule has 0 amide bonds. The van der Waals surface area contributed by atoms with E-state index in [-0.39, 0.29) is 11.9 Å². The van der Waals surface area contributed by atoms with Crippen LogP contribution in [0, 0.1) is 0 Å². The minimum atomic E-state index is -4.81. The second-order valence-electron chi connectivity index (χ2n) is 11.0. The standard InChI is InChI=1S/2C12H24O2.2C4H9O.Sn/c2*1-2-3-4-5-6-7-8-9-10-11-12(13)14;2*1-2-3-4-5;/h2*2-11H2,1H3,(H,13,14);2*2-4H2,1H3;/q;;2*-1;+4/p-2.